The van der Waals surface area contributed by atoms with Gasteiger partial charge in [0.1, 0.15) is 5.82 Å². The quantitative estimate of drug-likeness (QED) is 0.813. The van der Waals surface area contributed by atoms with Gasteiger partial charge in [0.2, 0.25) is 0 Å². The second-order valence-electron chi connectivity index (χ2n) is 2.91. The normalized spacial score (nSPS) is 11.8. The Balaban J connectivity index is 3.34. The van der Waals surface area contributed by atoms with Crippen LogP contribution in [0.4, 0.5) is 18.9 Å². The van der Waals surface area contributed by atoms with Gasteiger partial charge in [0, 0.05) is 16.5 Å². The number of alkyl halides is 2. The molecule has 0 saturated heterocycles. The van der Waals surface area contributed by atoms with Crippen LogP contribution in [-0.4, -0.2) is 0 Å². The van der Waals surface area contributed by atoms with Crippen LogP contribution < -0.4 is 5.73 Å². The van der Waals surface area contributed by atoms with Gasteiger partial charge in [0.15, 0.2) is 0 Å². The van der Waals surface area contributed by atoms with Crippen molar-refractivity contribution in [1.82, 2.24) is 0 Å². The molecular weight excluding hydrogens is 259 g/mol. The molecule has 0 aliphatic heterocycles. The molecule has 0 aliphatic rings. The first-order chi connectivity index (χ1) is 6.38. The van der Waals surface area contributed by atoms with E-state index in [-0.39, 0.29) is 10.2 Å². The monoisotopic (exact) mass is 267 g/mol. The number of anilines is 1. The van der Waals surface area contributed by atoms with Crippen molar-refractivity contribution in [1.29, 1.82) is 0 Å². The maximum absolute atomic E-state index is 13.2. The molecule has 0 spiro atoms. The number of rotatable bonds is 2. The van der Waals surface area contributed by atoms with Crippen molar-refractivity contribution >= 4 is 21.6 Å². The van der Waals surface area contributed by atoms with Crippen LogP contribution in [-0.2, 0) is 5.92 Å². The van der Waals surface area contributed by atoms with Crippen molar-refractivity contribution in [3.63, 3.8) is 0 Å². The minimum Gasteiger partial charge on any atom is -0.397 e. The summed E-state index contributed by atoms with van der Waals surface area (Å²) in [4.78, 5) is 0. The van der Waals surface area contributed by atoms with Gasteiger partial charge in [0.25, 0.3) is 5.92 Å². The lowest BCUT2D eigenvalue weighted by atomic mass is 10.0. The van der Waals surface area contributed by atoms with Gasteiger partial charge < -0.3 is 5.73 Å². The molecule has 1 aromatic carbocycles. The van der Waals surface area contributed by atoms with E-state index in [1.54, 1.807) is 0 Å². The summed E-state index contributed by atoms with van der Waals surface area (Å²) >= 11 is 2.92. The molecule has 2 N–H and O–H groups in total. The summed E-state index contributed by atoms with van der Waals surface area (Å²) in [6.07, 6.45) is -0.410. The summed E-state index contributed by atoms with van der Waals surface area (Å²) in [5, 5.41) is 0. The van der Waals surface area contributed by atoms with E-state index in [2.05, 4.69) is 15.9 Å². The summed E-state index contributed by atoms with van der Waals surface area (Å²) in [5.74, 6) is -3.82. The smallest absolute Gasteiger partial charge is 0.275 e. The largest absolute Gasteiger partial charge is 0.397 e. The molecule has 0 radical (unpaired) electrons. The van der Waals surface area contributed by atoms with Gasteiger partial charge in [0.05, 0.1) is 5.69 Å². The third-order valence-electron chi connectivity index (χ3n) is 1.93. The lowest BCUT2D eigenvalue weighted by molar-refractivity contribution is -0.00781. The van der Waals surface area contributed by atoms with Crippen LogP contribution >= 0.6 is 15.9 Å². The molecule has 0 atom stereocenters. The average Bonchev–Trinajstić information content (AvgIpc) is 2.11. The zero-order valence-electron chi connectivity index (χ0n) is 7.45. The first-order valence-electron chi connectivity index (χ1n) is 4.01. The molecule has 1 nitrogen and oxygen atoms in total. The van der Waals surface area contributed by atoms with Gasteiger partial charge >= 0.3 is 0 Å². The maximum Gasteiger partial charge on any atom is 0.275 e. The topological polar surface area (TPSA) is 26.0 Å². The minimum absolute atomic E-state index is 0.113. The first kappa shape index (κ1) is 11.4. The minimum atomic E-state index is -3.09. The van der Waals surface area contributed by atoms with Crippen LogP contribution in [0.1, 0.15) is 18.9 Å². The Morgan fingerprint density at radius 1 is 1.43 bits per heavy atom. The molecule has 0 aliphatic carbocycles. The second kappa shape index (κ2) is 3.81. The van der Waals surface area contributed by atoms with Crippen molar-refractivity contribution in [2.75, 3.05) is 5.73 Å². The molecule has 14 heavy (non-hydrogen) atoms. The van der Waals surface area contributed by atoms with E-state index in [4.69, 9.17) is 5.73 Å². The van der Waals surface area contributed by atoms with Gasteiger partial charge in [-0.25, -0.2) is 13.2 Å². The standard InChI is InChI=1S/C9H9BrF3N/c1-2-9(12,13)6-3-5(11)4-7(10)8(6)14/h3-4H,2,14H2,1H3. The fraction of sp³-hybridized carbons (Fsp3) is 0.333. The van der Waals surface area contributed by atoms with Crippen LogP contribution in [0.15, 0.2) is 16.6 Å². The summed E-state index contributed by atoms with van der Waals surface area (Å²) < 4.78 is 39.5. The molecule has 0 fully saturated rings. The first-order valence-corrected chi connectivity index (χ1v) is 4.80. The van der Waals surface area contributed by atoms with Crippen LogP contribution in [0.2, 0.25) is 0 Å². The van der Waals surface area contributed by atoms with Gasteiger partial charge in [-0.05, 0) is 28.1 Å². The lowest BCUT2D eigenvalue weighted by Gasteiger charge is -2.17. The third kappa shape index (κ3) is 2.03. The van der Waals surface area contributed by atoms with Gasteiger partial charge in [-0.1, -0.05) is 6.92 Å². The molecule has 1 aromatic rings. The number of benzene rings is 1. The Kier molecular flexibility index (Phi) is 3.09. The van der Waals surface area contributed by atoms with Gasteiger partial charge in [-0.2, -0.15) is 0 Å². The highest BCUT2D eigenvalue weighted by Crippen LogP contribution is 2.38. The Labute approximate surface area is 88.2 Å². The molecule has 0 unspecified atom stereocenters. The maximum atomic E-state index is 13.2. The highest BCUT2D eigenvalue weighted by atomic mass is 79.9. The fourth-order valence-corrected chi connectivity index (χ4v) is 1.51. The van der Waals surface area contributed by atoms with E-state index in [1.165, 1.54) is 6.92 Å². The Bertz CT molecular complexity index is 352. The number of nitrogens with two attached hydrogens (primary N) is 1. The number of hydrogen-bond acceptors (Lipinski definition) is 1. The van der Waals surface area contributed by atoms with Gasteiger partial charge in [-0.3, -0.25) is 0 Å². The highest BCUT2D eigenvalue weighted by Gasteiger charge is 2.32. The predicted octanol–water partition coefficient (Wildman–Crippen LogP) is 3.67. The molecule has 0 bridgehead atoms. The van der Waals surface area contributed by atoms with Crippen LogP contribution in [0.25, 0.3) is 0 Å². The molecule has 5 heteroatoms. The molecular formula is C9H9BrF3N. The molecule has 0 amide bonds. The number of halogens is 4. The highest BCUT2D eigenvalue weighted by molar-refractivity contribution is 9.10. The van der Waals surface area contributed by atoms with E-state index in [0.29, 0.717) is 0 Å². The Morgan fingerprint density at radius 2 is 2.00 bits per heavy atom. The molecule has 0 heterocycles. The molecule has 1 rings (SSSR count). The van der Waals surface area contributed by atoms with Crippen LogP contribution in [0.5, 0.6) is 0 Å². The summed E-state index contributed by atoms with van der Waals surface area (Å²) in [5.41, 5.74) is 4.84. The van der Waals surface area contributed by atoms with Crippen molar-refractivity contribution in [2.45, 2.75) is 19.3 Å². The van der Waals surface area contributed by atoms with Crippen molar-refractivity contribution in [3.8, 4) is 0 Å². The second-order valence-corrected chi connectivity index (χ2v) is 3.76. The van der Waals surface area contributed by atoms with E-state index in [1.807, 2.05) is 0 Å². The average molecular weight is 268 g/mol. The van der Waals surface area contributed by atoms with Crippen molar-refractivity contribution in [2.24, 2.45) is 0 Å². The molecule has 0 saturated carbocycles. The van der Waals surface area contributed by atoms with E-state index < -0.39 is 23.7 Å². The van der Waals surface area contributed by atoms with Gasteiger partial charge in [-0.15, -0.1) is 0 Å². The summed E-state index contributed by atoms with van der Waals surface area (Å²) in [6, 6.07) is 1.83. The van der Waals surface area contributed by atoms with Crippen LogP contribution in [0.3, 0.4) is 0 Å². The van der Waals surface area contributed by atoms with Crippen molar-refractivity contribution in [3.05, 3.63) is 28.0 Å². The Morgan fingerprint density at radius 3 is 2.50 bits per heavy atom. The third-order valence-corrected chi connectivity index (χ3v) is 2.59. The van der Waals surface area contributed by atoms with E-state index >= 15 is 0 Å². The zero-order valence-corrected chi connectivity index (χ0v) is 9.04. The predicted molar refractivity (Wildman–Crippen MR) is 52.7 cm³/mol. The van der Waals surface area contributed by atoms with E-state index in [0.717, 1.165) is 12.1 Å². The lowest BCUT2D eigenvalue weighted by Crippen LogP contribution is -2.15. The SMILES string of the molecule is CCC(F)(F)c1cc(F)cc(Br)c1N. The number of nitrogen functional groups attached to an aromatic ring is 1. The van der Waals surface area contributed by atoms with Crippen LogP contribution in [0, 0.1) is 5.82 Å². The zero-order chi connectivity index (χ0) is 10.9. The summed E-state index contributed by atoms with van der Waals surface area (Å²) in [7, 11) is 0. The Hall–Kier alpha value is -0.710. The van der Waals surface area contributed by atoms with Crippen molar-refractivity contribution < 1.29 is 13.2 Å². The fourth-order valence-electron chi connectivity index (χ4n) is 1.08. The molecule has 78 valence electrons. The van der Waals surface area contributed by atoms with E-state index in [9.17, 15) is 13.2 Å². The summed E-state index contributed by atoms with van der Waals surface area (Å²) in [6.45, 7) is 1.32. The number of hydrogen-bond donors (Lipinski definition) is 1. The molecule has 0 aromatic heterocycles.